The molecule has 23 heavy (non-hydrogen) atoms. The number of carbonyl (C=O) groups excluding carboxylic acids is 2. The first kappa shape index (κ1) is 17.5. The van der Waals surface area contributed by atoms with E-state index in [4.69, 9.17) is 4.74 Å². The molecule has 1 amide bonds. The molecule has 1 aromatic rings. The average Bonchev–Trinajstić information content (AvgIpc) is 2.99. The number of carbonyl (C=O) groups is 2. The number of hydrogen-bond acceptors (Lipinski definition) is 5. The zero-order valence-corrected chi connectivity index (χ0v) is 14.1. The van der Waals surface area contributed by atoms with Crippen LogP contribution in [0.5, 0.6) is 0 Å². The Morgan fingerprint density at radius 2 is 1.74 bits per heavy atom. The van der Waals surface area contributed by atoms with Crippen molar-refractivity contribution in [3.63, 3.8) is 0 Å². The molecule has 0 unspecified atom stereocenters. The fraction of sp³-hybridized carbons (Fsp3) is 0.500. The van der Waals surface area contributed by atoms with Crippen LogP contribution in [0, 0.1) is 0 Å². The highest BCUT2D eigenvalue weighted by atomic mass is 32.2. The van der Waals surface area contributed by atoms with Gasteiger partial charge in [0.1, 0.15) is 0 Å². The van der Waals surface area contributed by atoms with Crippen LogP contribution in [0.25, 0.3) is 0 Å². The zero-order chi connectivity index (χ0) is 17.0. The van der Waals surface area contributed by atoms with E-state index in [9.17, 15) is 18.0 Å². The van der Waals surface area contributed by atoms with Gasteiger partial charge in [-0.25, -0.2) is 13.2 Å². The number of rotatable bonds is 5. The number of benzene rings is 1. The highest BCUT2D eigenvalue weighted by Gasteiger charge is 2.26. The van der Waals surface area contributed by atoms with Crippen LogP contribution in [0.3, 0.4) is 0 Å². The quantitative estimate of drug-likeness (QED) is 0.758. The lowest BCUT2D eigenvalue weighted by molar-refractivity contribution is -0.138. The molecular weight excluding hydrogens is 318 g/mol. The number of amides is 1. The molecule has 0 aromatic heterocycles. The summed E-state index contributed by atoms with van der Waals surface area (Å²) in [6, 6.07) is 6.17. The molecule has 0 spiro atoms. The SMILES string of the molecule is C[C@@H](OC(=O)c1ccc(CS(C)(=O)=O)cc1)C(=O)N1CCCC1. The molecule has 0 saturated carbocycles. The number of sulfone groups is 1. The number of esters is 1. The second-order valence-corrected chi connectivity index (χ2v) is 7.99. The maximum Gasteiger partial charge on any atom is 0.338 e. The van der Waals surface area contributed by atoms with E-state index in [1.807, 2.05) is 0 Å². The molecule has 1 heterocycles. The van der Waals surface area contributed by atoms with Crippen LogP contribution in [-0.2, 0) is 25.1 Å². The van der Waals surface area contributed by atoms with Crippen LogP contribution in [0.15, 0.2) is 24.3 Å². The second kappa shape index (κ2) is 7.12. The predicted octanol–water partition coefficient (Wildman–Crippen LogP) is 1.40. The molecule has 0 radical (unpaired) electrons. The zero-order valence-electron chi connectivity index (χ0n) is 13.3. The van der Waals surface area contributed by atoms with Gasteiger partial charge in [0.15, 0.2) is 15.9 Å². The van der Waals surface area contributed by atoms with Crippen molar-refractivity contribution in [2.75, 3.05) is 19.3 Å². The highest BCUT2D eigenvalue weighted by molar-refractivity contribution is 7.89. The maximum atomic E-state index is 12.1. The Hall–Kier alpha value is -1.89. The molecule has 2 rings (SSSR count). The van der Waals surface area contributed by atoms with E-state index in [0.29, 0.717) is 24.2 Å². The van der Waals surface area contributed by atoms with Gasteiger partial charge in [0.2, 0.25) is 0 Å². The fourth-order valence-corrected chi connectivity index (χ4v) is 3.31. The molecule has 126 valence electrons. The third-order valence-corrected chi connectivity index (χ3v) is 4.53. The largest absolute Gasteiger partial charge is 0.449 e. The molecule has 6 nitrogen and oxygen atoms in total. The van der Waals surface area contributed by atoms with E-state index in [2.05, 4.69) is 0 Å². The Morgan fingerprint density at radius 1 is 1.17 bits per heavy atom. The standard InChI is InChI=1S/C16H21NO5S/c1-12(15(18)17-9-3-4-10-17)22-16(19)14-7-5-13(6-8-14)11-23(2,20)21/h5-8,12H,3-4,9-11H2,1-2H3/t12-/m1/s1. The second-order valence-electron chi connectivity index (χ2n) is 5.85. The molecule has 1 saturated heterocycles. The molecule has 1 aliphatic heterocycles. The van der Waals surface area contributed by atoms with Crippen molar-refractivity contribution in [2.45, 2.75) is 31.6 Å². The third kappa shape index (κ3) is 5.06. The highest BCUT2D eigenvalue weighted by Crippen LogP contribution is 2.13. The average molecular weight is 339 g/mol. The molecule has 1 aliphatic rings. The molecule has 0 aliphatic carbocycles. The van der Waals surface area contributed by atoms with E-state index in [1.54, 1.807) is 24.0 Å². The lowest BCUT2D eigenvalue weighted by atomic mass is 10.1. The fourth-order valence-electron chi connectivity index (χ4n) is 2.51. The molecule has 0 bridgehead atoms. The van der Waals surface area contributed by atoms with Crippen molar-refractivity contribution < 1.29 is 22.7 Å². The minimum atomic E-state index is -3.12. The lowest BCUT2D eigenvalue weighted by Gasteiger charge is -2.20. The van der Waals surface area contributed by atoms with Gasteiger partial charge < -0.3 is 9.64 Å². The van der Waals surface area contributed by atoms with Gasteiger partial charge in [0.05, 0.1) is 11.3 Å². The van der Waals surface area contributed by atoms with Crippen molar-refractivity contribution in [1.29, 1.82) is 0 Å². The Bertz CT molecular complexity index is 675. The Morgan fingerprint density at radius 3 is 2.26 bits per heavy atom. The van der Waals surface area contributed by atoms with Gasteiger partial charge in [-0.3, -0.25) is 4.79 Å². The summed E-state index contributed by atoms with van der Waals surface area (Å²) in [5.41, 5.74) is 0.897. The summed E-state index contributed by atoms with van der Waals surface area (Å²) in [5, 5.41) is 0. The van der Waals surface area contributed by atoms with Crippen LogP contribution in [0.1, 0.15) is 35.7 Å². The van der Waals surface area contributed by atoms with E-state index >= 15 is 0 Å². The summed E-state index contributed by atoms with van der Waals surface area (Å²) in [6.45, 7) is 2.98. The van der Waals surface area contributed by atoms with E-state index in [0.717, 1.165) is 19.1 Å². The molecule has 0 N–H and O–H groups in total. The summed E-state index contributed by atoms with van der Waals surface area (Å²) in [5.74, 6) is -0.841. The summed E-state index contributed by atoms with van der Waals surface area (Å²) in [6.07, 6.45) is 2.29. The first-order valence-electron chi connectivity index (χ1n) is 7.53. The predicted molar refractivity (Wildman–Crippen MR) is 85.7 cm³/mol. The first-order chi connectivity index (χ1) is 10.8. The maximum absolute atomic E-state index is 12.1. The molecule has 1 fully saturated rings. The van der Waals surface area contributed by atoms with Gasteiger partial charge >= 0.3 is 5.97 Å². The van der Waals surface area contributed by atoms with Crippen LogP contribution in [-0.4, -0.2) is 50.6 Å². The number of nitrogens with zero attached hydrogens (tertiary/aromatic N) is 1. The molecular formula is C16H21NO5S. The summed E-state index contributed by atoms with van der Waals surface area (Å²) in [7, 11) is -3.12. The Balaban J connectivity index is 1.96. The monoisotopic (exact) mass is 339 g/mol. The van der Waals surface area contributed by atoms with Crippen LogP contribution >= 0.6 is 0 Å². The van der Waals surface area contributed by atoms with Gasteiger partial charge in [-0.2, -0.15) is 0 Å². The Labute approximate surface area is 136 Å². The summed E-state index contributed by atoms with van der Waals surface area (Å²) >= 11 is 0. The summed E-state index contributed by atoms with van der Waals surface area (Å²) in [4.78, 5) is 25.9. The van der Waals surface area contributed by atoms with Gasteiger partial charge in [-0.15, -0.1) is 0 Å². The van der Waals surface area contributed by atoms with Gasteiger partial charge in [-0.1, -0.05) is 12.1 Å². The van der Waals surface area contributed by atoms with Gasteiger partial charge in [0, 0.05) is 19.3 Å². The molecule has 1 aromatic carbocycles. The van der Waals surface area contributed by atoms with E-state index in [-0.39, 0.29) is 11.7 Å². The normalized spacial score (nSPS) is 16.2. The third-order valence-electron chi connectivity index (χ3n) is 3.67. The van der Waals surface area contributed by atoms with Crippen LogP contribution in [0.4, 0.5) is 0 Å². The van der Waals surface area contributed by atoms with E-state index in [1.165, 1.54) is 12.1 Å². The topological polar surface area (TPSA) is 80.8 Å². The van der Waals surface area contributed by atoms with Gasteiger partial charge in [-0.05, 0) is 37.5 Å². The van der Waals surface area contributed by atoms with Crippen molar-refractivity contribution in [1.82, 2.24) is 4.90 Å². The van der Waals surface area contributed by atoms with Crippen molar-refractivity contribution >= 4 is 21.7 Å². The van der Waals surface area contributed by atoms with Crippen molar-refractivity contribution in [2.24, 2.45) is 0 Å². The van der Waals surface area contributed by atoms with Gasteiger partial charge in [0.25, 0.3) is 5.91 Å². The first-order valence-corrected chi connectivity index (χ1v) is 9.59. The summed E-state index contributed by atoms with van der Waals surface area (Å²) < 4.78 is 27.7. The number of ether oxygens (including phenoxy) is 1. The molecule has 1 atom stereocenters. The minimum Gasteiger partial charge on any atom is -0.449 e. The van der Waals surface area contributed by atoms with Crippen molar-refractivity contribution in [3.05, 3.63) is 35.4 Å². The lowest BCUT2D eigenvalue weighted by Crippen LogP contribution is -2.38. The van der Waals surface area contributed by atoms with Crippen LogP contribution in [0.2, 0.25) is 0 Å². The van der Waals surface area contributed by atoms with Crippen LogP contribution < -0.4 is 0 Å². The van der Waals surface area contributed by atoms with E-state index < -0.39 is 21.9 Å². The number of hydrogen-bond donors (Lipinski definition) is 0. The Kier molecular flexibility index (Phi) is 5.41. The van der Waals surface area contributed by atoms with Crippen molar-refractivity contribution in [3.8, 4) is 0 Å². The smallest absolute Gasteiger partial charge is 0.338 e. The number of likely N-dealkylation sites (tertiary alicyclic amines) is 1. The molecule has 7 heteroatoms. The minimum absolute atomic E-state index is 0.0772.